The van der Waals surface area contributed by atoms with E-state index in [0.717, 1.165) is 11.3 Å². The second kappa shape index (κ2) is 11.2. The van der Waals surface area contributed by atoms with Crippen LogP contribution in [-0.4, -0.2) is 62.5 Å². The lowest BCUT2D eigenvalue weighted by atomic mass is 10.2. The van der Waals surface area contributed by atoms with Crippen molar-refractivity contribution in [3.8, 4) is 11.6 Å². The molecular weight excluding hydrogens is 530 g/mol. The van der Waals surface area contributed by atoms with Crippen molar-refractivity contribution in [3.63, 3.8) is 0 Å². The number of carbonyl (C=O) groups is 2. The molecule has 2 N–H and O–H groups in total. The quantitative estimate of drug-likeness (QED) is 0.258. The Balaban J connectivity index is 1.51. The van der Waals surface area contributed by atoms with Crippen LogP contribution in [0.15, 0.2) is 78.0 Å². The minimum atomic E-state index is -1.20. The van der Waals surface area contributed by atoms with Gasteiger partial charge < -0.3 is 24.8 Å². The maximum absolute atomic E-state index is 13.4. The lowest BCUT2D eigenvalue weighted by Crippen LogP contribution is -2.22. The van der Waals surface area contributed by atoms with E-state index in [9.17, 15) is 19.5 Å². The van der Waals surface area contributed by atoms with Crippen molar-refractivity contribution in [2.45, 2.75) is 6.54 Å². The monoisotopic (exact) mass is 555 g/mol. The number of hydrogen-bond donors (Lipinski definition) is 2. The summed E-state index contributed by atoms with van der Waals surface area (Å²) < 4.78 is 12.4. The molecule has 0 saturated carbocycles. The topological polar surface area (TPSA) is 153 Å². The number of carboxylic acids is 1. The SMILES string of the molecule is COC(=O)c1ccc(-n2cccc(Nc3cc(N(C)Cc4ccc(OC)cc4)c4ncc(C(=O)O)n4n3)c2=O)nc1. The first kappa shape index (κ1) is 26.9. The van der Waals surface area contributed by atoms with Crippen LogP contribution in [-0.2, 0) is 11.3 Å². The van der Waals surface area contributed by atoms with Gasteiger partial charge in [-0.1, -0.05) is 12.1 Å². The van der Waals surface area contributed by atoms with Gasteiger partial charge in [0.15, 0.2) is 17.2 Å². The molecule has 4 heterocycles. The number of methoxy groups -OCH3 is 2. The van der Waals surface area contributed by atoms with E-state index in [1.54, 1.807) is 25.3 Å². The van der Waals surface area contributed by atoms with E-state index in [4.69, 9.17) is 9.47 Å². The number of fused-ring (bicyclic) bond motifs is 1. The van der Waals surface area contributed by atoms with Crippen molar-refractivity contribution in [1.29, 1.82) is 0 Å². The summed E-state index contributed by atoms with van der Waals surface area (Å²) in [7, 11) is 4.71. The van der Waals surface area contributed by atoms with Gasteiger partial charge in [0.05, 0.1) is 31.7 Å². The summed E-state index contributed by atoms with van der Waals surface area (Å²) in [5.41, 5.74) is 1.75. The van der Waals surface area contributed by atoms with E-state index >= 15 is 0 Å². The van der Waals surface area contributed by atoms with Crippen molar-refractivity contribution >= 4 is 34.8 Å². The van der Waals surface area contributed by atoms with Crippen LogP contribution in [0.2, 0.25) is 0 Å². The molecule has 1 aromatic carbocycles. The van der Waals surface area contributed by atoms with Crippen LogP contribution in [0.3, 0.4) is 0 Å². The second-order valence-electron chi connectivity index (χ2n) is 8.92. The van der Waals surface area contributed by atoms with E-state index in [0.29, 0.717) is 17.9 Å². The van der Waals surface area contributed by atoms with Gasteiger partial charge in [0, 0.05) is 32.1 Å². The van der Waals surface area contributed by atoms with Crippen LogP contribution >= 0.6 is 0 Å². The van der Waals surface area contributed by atoms with Crippen molar-refractivity contribution in [2.24, 2.45) is 0 Å². The number of pyridine rings is 2. The zero-order valence-electron chi connectivity index (χ0n) is 22.3. The molecule has 208 valence electrons. The number of nitrogens with zero attached hydrogens (tertiary/aromatic N) is 6. The van der Waals surface area contributed by atoms with Crippen molar-refractivity contribution in [2.75, 3.05) is 31.5 Å². The average Bonchev–Trinajstić information content (AvgIpc) is 3.42. The van der Waals surface area contributed by atoms with Gasteiger partial charge >= 0.3 is 11.9 Å². The maximum atomic E-state index is 13.4. The Morgan fingerprint density at radius 1 is 1.05 bits per heavy atom. The molecule has 13 nitrogen and oxygen atoms in total. The number of anilines is 3. The third kappa shape index (κ3) is 5.41. The molecular formula is C28H25N7O6. The number of esters is 1. The average molecular weight is 556 g/mol. The number of carbonyl (C=O) groups excluding carboxylic acids is 1. The van der Waals surface area contributed by atoms with Gasteiger partial charge in [-0.3, -0.25) is 9.36 Å². The van der Waals surface area contributed by atoms with E-state index in [1.165, 1.54) is 46.9 Å². The van der Waals surface area contributed by atoms with Crippen LogP contribution in [0, 0.1) is 0 Å². The van der Waals surface area contributed by atoms with E-state index in [-0.39, 0.29) is 28.6 Å². The van der Waals surface area contributed by atoms with Crippen LogP contribution in [0.4, 0.5) is 17.2 Å². The van der Waals surface area contributed by atoms with Crippen LogP contribution in [0.25, 0.3) is 11.5 Å². The first-order valence-corrected chi connectivity index (χ1v) is 12.3. The smallest absolute Gasteiger partial charge is 0.356 e. The molecule has 0 bridgehead atoms. The Morgan fingerprint density at radius 3 is 2.49 bits per heavy atom. The molecule has 0 aliphatic carbocycles. The number of rotatable bonds is 9. The Labute approximate surface area is 233 Å². The Kier molecular flexibility index (Phi) is 7.33. The summed E-state index contributed by atoms with van der Waals surface area (Å²) in [5.74, 6) is -0.497. The molecule has 4 aromatic heterocycles. The molecule has 0 radical (unpaired) electrons. The molecule has 0 fully saturated rings. The molecule has 0 amide bonds. The third-order valence-corrected chi connectivity index (χ3v) is 6.28. The Hall–Kier alpha value is -5.72. The predicted octanol–water partition coefficient (Wildman–Crippen LogP) is 3.15. The molecule has 0 aliphatic heterocycles. The van der Waals surface area contributed by atoms with Crippen molar-refractivity contribution in [1.82, 2.24) is 24.1 Å². The fourth-order valence-electron chi connectivity index (χ4n) is 4.20. The number of benzene rings is 1. The fraction of sp³-hybridized carbons (Fsp3) is 0.143. The van der Waals surface area contributed by atoms with Gasteiger partial charge in [0.2, 0.25) is 0 Å². The zero-order valence-corrected chi connectivity index (χ0v) is 22.3. The summed E-state index contributed by atoms with van der Waals surface area (Å²) in [6.45, 7) is 0.476. The van der Waals surface area contributed by atoms with Crippen molar-refractivity contribution < 1.29 is 24.2 Å². The van der Waals surface area contributed by atoms with Gasteiger partial charge in [-0.25, -0.2) is 24.1 Å². The van der Waals surface area contributed by atoms with Gasteiger partial charge in [-0.05, 0) is 42.0 Å². The van der Waals surface area contributed by atoms with E-state index < -0.39 is 17.5 Å². The second-order valence-corrected chi connectivity index (χ2v) is 8.92. The maximum Gasteiger partial charge on any atom is 0.356 e. The molecule has 0 atom stereocenters. The van der Waals surface area contributed by atoms with Gasteiger partial charge in [0.1, 0.15) is 17.3 Å². The standard InChI is InChI=1S/C28H25N7O6/c1-33(16-17-6-9-19(40-2)10-7-17)21-13-23(32-35-22(27(37)38)15-30-25(21)35)31-20-5-4-12-34(26(20)36)24-11-8-18(14-29-24)28(39)41-3/h4-15H,16H2,1-3H3,(H,31,32)(H,37,38). The number of hydrogen-bond acceptors (Lipinski definition) is 10. The third-order valence-electron chi connectivity index (χ3n) is 6.28. The largest absolute Gasteiger partial charge is 0.497 e. The first-order valence-electron chi connectivity index (χ1n) is 12.3. The Morgan fingerprint density at radius 2 is 1.83 bits per heavy atom. The van der Waals surface area contributed by atoms with Crippen LogP contribution < -0.4 is 20.5 Å². The Bertz CT molecular complexity index is 1800. The van der Waals surface area contributed by atoms with Gasteiger partial charge in [-0.2, -0.15) is 0 Å². The number of imidazole rings is 1. The van der Waals surface area contributed by atoms with Gasteiger partial charge in [0.25, 0.3) is 5.56 Å². The summed E-state index contributed by atoms with van der Waals surface area (Å²) in [4.78, 5) is 47.4. The van der Waals surface area contributed by atoms with E-state index in [2.05, 4.69) is 20.4 Å². The first-order chi connectivity index (χ1) is 19.8. The fourth-order valence-corrected chi connectivity index (χ4v) is 4.20. The van der Waals surface area contributed by atoms with E-state index in [1.807, 2.05) is 36.2 Å². The number of ether oxygens (including phenoxy) is 2. The summed E-state index contributed by atoms with van der Waals surface area (Å²) in [6.07, 6.45) is 4.09. The molecule has 0 spiro atoms. The highest BCUT2D eigenvalue weighted by Gasteiger charge is 2.19. The molecule has 5 aromatic rings. The highest BCUT2D eigenvalue weighted by molar-refractivity contribution is 5.89. The minimum absolute atomic E-state index is 0.136. The number of carboxylic acid groups (broad SMARTS) is 1. The molecule has 0 saturated heterocycles. The summed E-state index contributed by atoms with van der Waals surface area (Å²) in [6, 6.07) is 15.5. The molecule has 0 unspecified atom stereocenters. The summed E-state index contributed by atoms with van der Waals surface area (Å²) >= 11 is 0. The van der Waals surface area contributed by atoms with Gasteiger partial charge in [-0.15, -0.1) is 5.10 Å². The summed E-state index contributed by atoms with van der Waals surface area (Å²) in [5, 5.41) is 17.1. The predicted molar refractivity (Wildman–Crippen MR) is 150 cm³/mol. The van der Waals surface area contributed by atoms with Crippen LogP contribution in [0.5, 0.6) is 5.75 Å². The minimum Gasteiger partial charge on any atom is -0.497 e. The zero-order chi connectivity index (χ0) is 29.1. The number of nitrogens with one attached hydrogen (secondary N) is 1. The highest BCUT2D eigenvalue weighted by atomic mass is 16.5. The number of aromatic nitrogens is 5. The normalized spacial score (nSPS) is 10.8. The van der Waals surface area contributed by atoms with Crippen LogP contribution in [0.1, 0.15) is 26.4 Å². The lowest BCUT2D eigenvalue weighted by molar-refractivity contribution is 0.0599. The lowest BCUT2D eigenvalue weighted by Gasteiger charge is -2.21. The molecule has 0 aliphatic rings. The molecule has 5 rings (SSSR count). The number of aromatic carboxylic acids is 1. The van der Waals surface area contributed by atoms with Crippen molar-refractivity contribution in [3.05, 3.63) is 100 Å². The highest BCUT2D eigenvalue weighted by Crippen LogP contribution is 2.26. The molecule has 41 heavy (non-hydrogen) atoms. The molecule has 13 heteroatoms.